The Labute approximate surface area is 167 Å². The van der Waals surface area contributed by atoms with Crippen LogP contribution in [0, 0.1) is 0 Å². The van der Waals surface area contributed by atoms with Crippen molar-refractivity contribution in [3.63, 3.8) is 0 Å². The van der Waals surface area contributed by atoms with Gasteiger partial charge in [0.05, 0.1) is 37.0 Å². The number of aromatic nitrogens is 5. The zero-order valence-corrected chi connectivity index (χ0v) is 16.0. The molecule has 2 saturated heterocycles. The van der Waals surface area contributed by atoms with Gasteiger partial charge in [0.1, 0.15) is 5.82 Å². The summed E-state index contributed by atoms with van der Waals surface area (Å²) in [6.45, 7) is 3.05. The minimum Gasteiger partial charge on any atom is -0.382 e. The molecule has 29 heavy (non-hydrogen) atoms. The first kappa shape index (κ1) is 17.0. The molecule has 6 heterocycles. The van der Waals surface area contributed by atoms with Crippen LogP contribution in [0.2, 0.25) is 0 Å². The summed E-state index contributed by atoms with van der Waals surface area (Å²) in [7, 11) is 0. The molecule has 0 unspecified atom stereocenters. The molecule has 3 N–H and O–H groups in total. The monoisotopic (exact) mass is 393 g/mol. The normalized spacial score (nSPS) is 24.3. The number of fused-ring (bicyclic) bond motifs is 3. The van der Waals surface area contributed by atoms with Crippen molar-refractivity contribution in [1.29, 1.82) is 0 Å². The van der Waals surface area contributed by atoms with E-state index in [2.05, 4.69) is 32.3 Å². The molecule has 2 bridgehead atoms. The van der Waals surface area contributed by atoms with Crippen LogP contribution < -0.4 is 10.6 Å². The standard InChI is InChI=1S/C20H23N7O2/c21-19-18-15(12-9-13-1-2-14(10-12)29-13)11-17(26-5-7-28-8-6-26)23-20(18)27(25-19)16-3-4-22-24-16/h3-4,9,11,13-14H,1-2,5-8,10H2,(H2,21,25)(H,22,24)/t13-,14+/m1/s1. The van der Waals surface area contributed by atoms with Crippen molar-refractivity contribution in [3.8, 4) is 5.82 Å². The van der Waals surface area contributed by atoms with Crippen LogP contribution in [-0.4, -0.2) is 63.5 Å². The van der Waals surface area contributed by atoms with E-state index in [9.17, 15) is 0 Å². The number of H-pyrrole nitrogens is 1. The van der Waals surface area contributed by atoms with Gasteiger partial charge in [-0.15, -0.1) is 5.10 Å². The maximum absolute atomic E-state index is 6.41. The van der Waals surface area contributed by atoms with Gasteiger partial charge in [-0.1, -0.05) is 6.08 Å². The second-order valence-electron chi connectivity index (χ2n) is 7.83. The SMILES string of the molecule is Nc1nn(-c2ccn[nH]2)c2nc(N3CCOCC3)cc(C3=C[C@H]4CC[C@@H](C3)O4)c12. The van der Waals surface area contributed by atoms with Gasteiger partial charge in [-0.2, -0.15) is 9.78 Å². The van der Waals surface area contributed by atoms with Gasteiger partial charge in [0, 0.05) is 19.2 Å². The number of rotatable bonds is 3. The average Bonchev–Trinajstić information content (AvgIpc) is 3.48. The Kier molecular flexibility index (Phi) is 3.85. The average molecular weight is 393 g/mol. The van der Waals surface area contributed by atoms with E-state index in [4.69, 9.17) is 20.2 Å². The molecule has 6 rings (SSSR count). The molecule has 2 atom stereocenters. The van der Waals surface area contributed by atoms with E-state index >= 15 is 0 Å². The quantitative estimate of drug-likeness (QED) is 0.700. The Bertz CT molecular complexity index is 1080. The Morgan fingerprint density at radius 2 is 2.10 bits per heavy atom. The summed E-state index contributed by atoms with van der Waals surface area (Å²) in [6, 6.07) is 4.03. The number of nitrogens with zero attached hydrogens (tertiary/aromatic N) is 5. The van der Waals surface area contributed by atoms with Gasteiger partial charge in [-0.25, -0.2) is 4.98 Å². The number of nitrogen functional groups attached to an aromatic ring is 1. The zero-order valence-electron chi connectivity index (χ0n) is 16.0. The van der Waals surface area contributed by atoms with E-state index < -0.39 is 0 Å². The molecule has 0 radical (unpaired) electrons. The number of hydrogen-bond donors (Lipinski definition) is 2. The van der Waals surface area contributed by atoms with Gasteiger partial charge in [0.2, 0.25) is 0 Å². The van der Waals surface area contributed by atoms with Crippen LogP contribution in [0.4, 0.5) is 11.6 Å². The molecule has 0 aromatic carbocycles. The largest absolute Gasteiger partial charge is 0.382 e. The Morgan fingerprint density at radius 3 is 2.90 bits per heavy atom. The van der Waals surface area contributed by atoms with E-state index in [1.54, 1.807) is 10.9 Å². The van der Waals surface area contributed by atoms with Gasteiger partial charge < -0.3 is 20.1 Å². The Hall–Kier alpha value is -2.91. The van der Waals surface area contributed by atoms with Gasteiger partial charge in [0.25, 0.3) is 0 Å². The molecule has 0 aliphatic carbocycles. The van der Waals surface area contributed by atoms with Crippen LogP contribution in [0.3, 0.4) is 0 Å². The molecule has 0 spiro atoms. The fraction of sp³-hybridized carbons (Fsp3) is 0.450. The van der Waals surface area contributed by atoms with Crippen molar-refractivity contribution in [1.82, 2.24) is 25.0 Å². The lowest BCUT2D eigenvalue weighted by atomic mass is 9.96. The van der Waals surface area contributed by atoms with Crippen molar-refractivity contribution in [2.24, 2.45) is 0 Å². The minimum absolute atomic E-state index is 0.197. The topological polar surface area (TPSA) is 107 Å². The third-order valence-corrected chi connectivity index (χ3v) is 6.02. The number of hydrogen-bond acceptors (Lipinski definition) is 7. The lowest BCUT2D eigenvalue weighted by molar-refractivity contribution is 0.0672. The summed E-state index contributed by atoms with van der Waals surface area (Å²) in [5, 5.41) is 12.5. The third-order valence-electron chi connectivity index (χ3n) is 6.02. The number of nitrogens with one attached hydrogen (secondary N) is 1. The highest BCUT2D eigenvalue weighted by atomic mass is 16.5. The number of nitrogens with two attached hydrogens (primary N) is 1. The van der Waals surface area contributed by atoms with Gasteiger partial charge >= 0.3 is 0 Å². The van der Waals surface area contributed by atoms with Crippen LogP contribution in [0.1, 0.15) is 24.8 Å². The first-order chi connectivity index (χ1) is 14.3. The summed E-state index contributed by atoms with van der Waals surface area (Å²) in [4.78, 5) is 7.23. The van der Waals surface area contributed by atoms with Crippen molar-refractivity contribution in [3.05, 3.63) is 30.0 Å². The molecule has 2 fully saturated rings. The number of morpholine rings is 1. The van der Waals surface area contributed by atoms with E-state index in [0.717, 1.165) is 60.6 Å². The van der Waals surface area contributed by atoms with Gasteiger partial charge in [-0.05, 0) is 36.5 Å². The molecular weight excluding hydrogens is 370 g/mol. The predicted octanol–water partition coefficient (Wildman–Crippen LogP) is 1.90. The van der Waals surface area contributed by atoms with E-state index in [-0.39, 0.29) is 6.10 Å². The lowest BCUT2D eigenvalue weighted by Gasteiger charge is -2.29. The molecule has 3 aliphatic rings. The second kappa shape index (κ2) is 6.57. The van der Waals surface area contributed by atoms with E-state index in [1.165, 1.54) is 5.57 Å². The van der Waals surface area contributed by atoms with Crippen LogP contribution in [0.15, 0.2) is 24.4 Å². The maximum Gasteiger partial charge on any atom is 0.169 e. The summed E-state index contributed by atoms with van der Waals surface area (Å²) in [5.74, 6) is 2.15. The fourth-order valence-corrected chi connectivity index (χ4v) is 4.62. The lowest BCUT2D eigenvalue weighted by Crippen LogP contribution is -2.36. The Morgan fingerprint density at radius 1 is 1.21 bits per heavy atom. The summed E-state index contributed by atoms with van der Waals surface area (Å²) in [5.41, 5.74) is 9.54. The highest BCUT2D eigenvalue weighted by Gasteiger charge is 2.32. The summed E-state index contributed by atoms with van der Waals surface area (Å²) >= 11 is 0. The van der Waals surface area contributed by atoms with Crippen molar-refractivity contribution >= 4 is 28.2 Å². The maximum atomic E-state index is 6.41. The molecule has 9 heteroatoms. The zero-order chi connectivity index (χ0) is 19.4. The molecule has 3 aliphatic heterocycles. The molecule has 3 aromatic heterocycles. The minimum atomic E-state index is 0.197. The highest BCUT2D eigenvalue weighted by Crippen LogP contribution is 2.40. The van der Waals surface area contributed by atoms with Crippen LogP contribution >= 0.6 is 0 Å². The number of anilines is 2. The van der Waals surface area contributed by atoms with Crippen LogP contribution in [-0.2, 0) is 9.47 Å². The molecular formula is C20H23N7O2. The van der Waals surface area contributed by atoms with Crippen LogP contribution in [0.5, 0.6) is 0 Å². The second-order valence-corrected chi connectivity index (χ2v) is 7.83. The van der Waals surface area contributed by atoms with Crippen LogP contribution in [0.25, 0.3) is 22.4 Å². The first-order valence-electron chi connectivity index (χ1n) is 10.1. The fourth-order valence-electron chi connectivity index (χ4n) is 4.62. The number of aromatic amines is 1. The third kappa shape index (κ3) is 2.80. The molecule has 3 aromatic rings. The van der Waals surface area contributed by atoms with Gasteiger partial charge in [-0.3, -0.25) is 5.10 Å². The first-order valence-corrected chi connectivity index (χ1v) is 10.1. The Balaban J connectivity index is 1.57. The molecule has 0 saturated carbocycles. The smallest absolute Gasteiger partial charge is 0.169 e. The molecule has 0 amide bonds. The van der Waals surface area contributed by atoms with Crippen molar-refractivity contribution in [2.75, 3.05) is 36.9 Å². The number of pyridine rings is 1. The molecule has 9 nitrogen and oxygen atoms in total. The van der Waals surface area contributed by atoms with E-state index in [0.29, 0.717) is 25.1 Å². The van der Waals surface area contributed by atoms with Crippen molar-refractivity contribution in [2.45, 2.75) is 31.5 Å². The number of ether oxygens (including phenoxy) is 2. The highest BCUT2D eigenvalue weighted by molar-refractivity contribution is 5.99. The summed E-state index contributed by atoms with van der Waals surface area (Å²) in [6.07, 6.45) is 7.53. The van der Waals surface area contributed by atoms with Gasteiger partial charge in [0.15, 0.2) is 17.3 Å². The summed E-state index contributed by atoms with van der Waals surface area (Å²) < 4.78 is 13.3. The molecule has 150 valence electrons. The van der Waals surface area contributed by atoms with Crippen molar-refractivity contribution < 1.29 is 9.47 Å². The predicted molar refractivity (Wildman–Crippen MR) is 109 cm³/mol. The van der Waals surface area contributed by atoms with E-state index in [1.807, 2.05) is 6.07 Å².